The highest BCUT2D eigenvalue weighted by Crippen LogP contribution is 2.26. The minimum atomic E-state index is -0.784. The summed E-state index contributed by atoms with van der Waals surface area (Å²) in [4.78, 5) is 27.6. The lowest BCUT2D eigenvalue weighted by molar-refractivity contribution is -0.147. The fourth-order valence-corrected chi connectivity index (χ4v) is 3.44. The van der Waals surface area contributed by atoms with Crippen molar-refractivity contribution in [3.63, 3.8) is 0 Å². The molecule has 0 spiro atoms. The van der Waals surface area contributed by atoms with Crippen LogP contribution in [0.1, 0.15) is 46.0 Å². The van der Waals surface area contributed by atoms with Crippen molar-refractivity contribution in [1.82, 2.24) is 9.80 Å². The van der Waals surface area contributed by atoms with Gasteiger partial charge in [-0.05, 0) is 44.1 Å². The molecule has 1 amide bonds. The predicted octanol–water partition coefficient (Wildman–Crippen LogP) is 1.82. The summed E-state index contributed by atoms with van der Waals surface area (Å²) in [5.74, 6) is 0.491. The number of rotatable bonds is 4. The molecule has 0 aromatic rings. The van der Waals surface area contributed by atoms with Gasteiger partial charge in [0.25, 0.3) is 0 Å². The van der Waals surface area contributed by atoms with Crippen LogP contribution in [0.5, 0.6) is 0 Å². The van der Waals surface area contributed by atoms with Crippen LogP contribution in [0.2, 0.25) is 0 Å². The minimum absolute atomic E-state index is 0.100. The molecule has 2 atom stereocenters. The highest BCUT2D eigenvalue weighted by atomic mass is 16.4. The van der Waals surface area contributed by atoms with Gasteiger partial charge in [-0.15, -0.1) is 0 Å². The molecule has 2 unspecified atom stereocenters. The van der Waals surface area contributed by atoms with Crippen LogP contribution < -0.4 is 0 Å². The third-order valence-electron chi connectivity index (χ3n) is 5.16. The Morgan fingerprint density at radius 3 is 2.38 bits per heavy atom. The number of carbonyl (C=O) groups is 2. The van der Waals surface area contributed by atoms with E-state index in [4.69, 9.17) is 0 Å². The van der Waals surface area contributed by atoms with Gasteiger partial charge in [-0.2, -0.15) is 0 Å². The molecule has 0 saturated carbocycles. The third-order valence-corrected chi connectivity index (χ3v) is 5.16. The Hall–Kier alpha value is -1.10. The standard InChI is InChI=1S/C16H28N2O3/c1-3-13-6-9-18(14(10-13)16(20)21)11-15(19)17-7-4-12(2)5-8-17/h12-14H,3-11H2,1-2H3,(H,20,21). The van der Waals surface area contributed by atoms with E-state index in [1.165, 1.54) is 0 Å². The van der Waals surface area contributed by atoms with Crippen molar-refractivity contribution in [2.75, 3.05) is 26.2 Å². The number of carboxylic acids is 1. The second-order valence-electron chi connectivity index (χ2n) is 6.69. The first-order chi connectivity index (χ1) is 10.0. The van der Waals surface area contributed by atoms with Gasteiger partial charge in [-0.1, -0.05) is 20.3 Å². The number of carbonyl (C=O) groups excluding carboxylic acids is 1. The zero-order valence-electron chi connectivity index (χ0n) is 13.3. The monoisotopic (exact) mass is 296 g/mol. The Bertz CT molecular complexity index is 378. The van der Waals surface area contributed by atoms with E-state index >= 15 is 0 Å². The van der Waals surface area contributed by atoms with Crippen LogP contribution in [-0.2, 0) is 9.59 Å². The molecule has 0 aromatic carbocycles. The lowest BCUT2D eigenvalue weighted by atomic mass is 9.89. The van der Waals surface area contributed by atoms with E-state index in [2.05, 4.69) is 13.8 Å². The van der Waals surface area contributed by atoms with Crippen LogP contribution >= 0.6 is 0 Å². The average Bonchev–Trinajstić information content (AvgIpc) is 2.48. The van der Waals surface area contributed by atoms with Crippen molar-refractivity contribution in [3.8, 4) is 0 Å². The molecule has 0 bridgehead atoms. The number of hydrogen-bond donors (Lipinski definition) is 1. The average molecular weight is 296 g/mol. The molecular formula is C16H28N2O3. The van der Waals surface area contributed by atoms with Crippen molar-refractivity contribution in [2.24, 2.45) is 11.8 Å². The van der Waals surface area contributed by atoms with E-state index in [9.17, 15) is 14.7 Å². The Labute approximate surface area is 127 Å². The zero-order chi connectivity index (χ0) is 15.4. The van der Waals surface area contributed by atoms with Gasteiger partial charge in [-0.25, -0.2) is 0 Å². The van der Waals surface area contributed by atoms with E-state index in [0.29, 0.717) is 18.3 Å². The molecule has 0 aliphatic carbocycles. The SMILES string of the molecule is CCC1CCN(CC(=O)N2CCC(C)CC2)C(C(=O)O)C1. The molecule has 0 radical (unpaired) electrons. The van der Waals surface area contributed by atoms with Gasteiger partial charge in [0.15, 0.2) is 0 Å². The molecule has 5 nitrogen and oxygen atoms in total. The quantitative estimate of drug-likeness (QED) is 0.859. The Balaban J connectivity index is 1.91. The number of amides is 1. The summed E-state index contributed by atoms with van der Waals surface area (Å²) in [6.07, 6.45) is 4.83. The van der Waals surface area contributed by atoms with Crippen LogP contribution in [0, 0.1) is 11.8 Å². The first kappa shape index (κ1) is 16.3. The van der Waals surface area contributed by atoms with E-state index in [-0.39, 0.29) is 12.5 Å². The normalized spacial score (nSPS) is 28.6. The van der Waals surface area contributed by atoms with Gasteiger partial charge >= 0.3 is 5.97 Å². The first-order valence-corrected chi connectivity index (χ1v) is 8.25. The van der Waals surface area contributed by atoms with Crippen molar-refractivity contribution >= 4 is 11.9 Å². The van der Waals surface area contributed by atoms with Crippen LogP contribution in [-0.4, -0.2) is 59.0 Å². The first-order valence-electron chi connectivity index (χ1n) is 8.25. The molecule has 2 aliphatic rings. The van der Waals surface area contributed by atoms with Crippen molar-refractivity contribution in [3.05, 3.63) is 0 Å². The molecule has 2 heterocycles. The summed E-state index contributed by atoms with van der Waals surface area (Å²) in [5.41, 5.74) is 0. The van der Waals surface area contributed by atoms with Gasteiger partial charge in [0.1, 0.15) is 6.04 Å². The van der Waals surface area contributed by atoms with Crippen LogP contribution in [0.4, 0.5) is 0 Å². The molecule has 1 N–H and O–H groups in total. The second-order valence-corrected chi connectivity index (χ2v) is 6.69. The van der Waals surface area contributed by atoms with Gasteiger partial charge in [0.05, 0.1) is 6.54 Å². The Morgan fingerprint density at radius 2 is 1.81 bits per heavy atom. The van der Waals surface area contributed by atoms with E-state index in [1.54, 1.807) is 0 Å². The van der Waals surface area contributed by atoms with Crippen molar-refractivity contribution in [1.29, 1.82) is 0 Å². The number of likely N-dealkylation sites (tertiary alicyclic amines) is 2. The molecule has 21 heavy (non-hydrogen) atoms. The van der Waals surface area contributed by atoms with Crippen LogP contribution in [0.25, 0.3) is 0 Å². The van der Waals surface area contributed by atoms with Gasteiger partial charge < -0.3 is 10.0 Å². The number of hydrogen-bond acceptors (Lipinski definition) is 3. The Kier molecular flexibility index (Phi) is 5.62. The van der Waals surface area contributed by atoms with Crippen molar-refractivity contribution in [2.45, 2.75) is 52.0 Å². The minimum Gasteiger partial charge on any atom is -0.480 e. The van der Waals surface area contributed by atoms with E-state index in [0.717, 1.165) is 45.3 Å². The zero-order valence-corrected chi connectivity index (χ0v) is 13.3. The maximum absolute atomic E-state index is 12.4. The van der Waals surface area contributed by atoms with E-state index < -0.39 is 12.0 Å². The molecule has 120 valence electrons. The molecule has 5 heteroatoms. The van der Waals surface area contributed by atoms with Crippen LogP contribution in [0.15, 0.2) is 0 Å². The summed E-state index contributed by atoms with van der Waals surface area (Å²) in [7, 11) is 0. The molecule has 2 aliphatic heterocycles. The lowest BCUT2D eigenvalue weighted by Crippen LogP contribution is -2.52. The molecule has 2 rings (SSSR count). The molecule has 0 aromatic heterocycles. The fraction of sp³-hybridized carbons (Fsp3) is 0.875. The van der Waals surface area contributed by atoms with Crippen LogP contribution in [0.3, 0.4) is 0 Å². The topological polar surface area (TPSA) is 60.9 Å². The maximum atomic E-state index is 12.4. The van der Waals surface area contributed by atoms with Gasteiger partial charge in [-0.3, -0.25) is 14.5 Å². The third kappa shape index (κ3) is 4.19. The maximum Gasteiger partial charge on any atom is 0.320 e. The number of carboxylic acid groups (broad SMARTS) is 1. The lowest BCUT2D eigenvalue weighted by Gasteiger charge is -2.38. The Morgan fingerprint density at radius 1 is 1.14 bits per heavy atom. The predicted molar refractivity (Wildman–Crippen MR) is 81.0 cm³/mol. The highest BCUT2D eigenvalue weighted by Gasteiger charge is 2.34. The summed E-state index contributed by atoms with van der Waals surface area (Å²) in [6, 6.07) is -0.489. The summed E-state index contributed by atoms with van der Waals surface area (Å²) in [5, 5.41) is 9.41. The highest BCUT2D eigenvalue weighted by molar-refractivity contribution is 5.80. The largest absolute Gasteiger partial charge is 0.480 e. The van der Waals surface area contributed by atoms with Gasteiger partial charge in [0, 0.05) is 13.1 Å². The fourth-order valence-electron chi connectivity index (χ4n) is 3.44. The molecular weight excluding hydrogens is 268 g/mol. The van der Waals surface area contributed by atoms with Gasteiger partial charge in [0.2, 0.25) is 5.91 Å². The van der Waals surface area contributed by atoms with E-state index in [1.807, 2.05) is 9.80 Å². The second kappa shape index (κ2) is 7.25. The summed E-state index contributed by atoms with van der Waals surface area (Å²) >= 11 is 0. The van der Waals surface area contributed by atoms with Crippen molar-refractivity contribution < 1.29 is 14.7 Å². The smallest absolute Gasteiger partial charge is 0.320 e. The molecule has 2 saturated heterocycles. The number of piperidine rings is 2. The summed E-state index contributed by atoms with van der Waals surface area (Å²) in [6.45, 7) is 6.97. The molecule has 2 fully saturated rings. The number of aliphatic carboxylic acids is 1. The number of nitrogens with zero attached hydrogens (tertiary/aromatic N) is 2. The summed E-state index contributed by atoms with van der Waals surface area (Å²) < 4.78 is 0.